The van der Waals surface area contributed by atoms with E-state index in [4.69, 9.17) is 5.11 Å². The summed E-state index contributed by atoms with van der Waals surface area (Å²) in [5, 5.41) is 13.6. The molecule has 2 amide bonds. The van der Waals surface area contributed by atoms with Crippen LogP contribution >= 0.6 is 0 Å². The number of rotatable bonds is 1. The molecular formula is C14H17FN2O2. The van der Waals surface area contributed by atoms with Crippen LogP contribution in [0.1, 0.15) is 26.3 Å². The van der Waals surface area contributed by atoms with Crippen LogP contribution in [-0.4, -0.2) is 23.3 Å². The van der Waals surface area contributed by atoms with Gasteiger partial charge in [0.05, 0.1) is 5.69 Å². The van der Waals surface area contributed by atoms with Crippen LogP contribution in [0.4, 0.5) is 14.9 Å². The summed E-state index contributed by atoms with van der Waals surface area (Å²) in [6, 6.07) is 3.73. The minimum atomic E-state index is -0.575. The molecule has 0 spiro atoms. The van der Waals surface area contributed by atoms with Crippen LogP contribution in [0.25, 0.3) is 0 Å². The first-order chi connectivity index (χ1) is 8.81. The van der Waals surface area contributed by atoms with Gasteiger partial charge in [-0.15, -0.1) is 0 Å². The molecule has 0 unspecified atom stereocenters. The van der Waals surface area contributed by atoms with Crippen LogP contribution in [-0.2, 0) is 0 Å². The number of anilines is 1. The number of hydrogen-bond donors (Lipinski definition) is 3. The van der Waals surface area contributed by atoms with Crippen LogP contribution < -0.4 is 10.6 Å². The molecule has 0 atom stereocenters. The normalized spacial score (nSPS) is 10.4. The summed E-state index contributed by atoms with van der Waals surface area (Å²) in [5.41, 5.74) is 0.122. The molecule has 1 aromatic carbocycles. The number of carbonyl (C=O) groups is 1. The lowest BCUT2D eigenvalue weighted by molar-refractivity contribution is 0.243. The van der Waals surface area contributed by atoms with E-state index in [0.717, 1.165) is 0 Å². The van der Waals surface area contributed by atoms with Gasteiger partial charge in [0, 0.05) is 11.1 Å². The van der Waals surface area contributed by atoms with Gasteiger partial charge in [-0.3, -0.25) is 0 Å². The van der Waals surface area contributed by atoms with E-state index in [-0.39, 0.29) is 12.3 Å². The Morgan fingerprint density at radius 2 is 2.11 bits per heavy atom. The second-order valence-corrected chi connectivity index (χ2v) is 4.98. The maximum atomic E-state index is 13.7. The smallest absolute Gasteiger partial charge is 0.319 e. The number of aliphatic hydroxyl groups excluding tert-OH is 1. The molecule has 1 rings (SSSR count). The quantitative estimate of drug-likeness (QED) is 0.680. The maximum absolute atomic E-state index is 13.7. The Hall–Kier alpha value is -2.06. The molecule has 4 nitrogen and oxygen atoms in total. The molecule has 0 saturated heterocycles. The molecule has 0 fully saturated rings. The summed E-state index contributed by atoms with van der Waals surface area (Å²) < 4.78 is 13.7. The molecule has 5 heteroatoms. The first-order valence-electron chi connectivity index (χ1n) is 5.80. The van der Waals surface area contributed by atoms with E-state index in [1.54, 1.807) is 6.07 Å². The van der Waals surface area contributed by atoms with Crippen LogP contribution in [0.3, 0.4) is 0 Å². The number of amides is 2. The lowest BCUT2D eigenvalue weighted by atomic mass is 10.1. The summed E-state index contributed by atoms with van der Waals surface area (Å²) in [7, 11) is 0. The van der Waals surface area contributed by atoms with Crippen molar-refractivity contribution in [3.8, 4) is 11.8 Å². The second-order valence-electron chi connectivity index (χ2n) is 4.98. The van der Waals surface area contributed by atoms with Crippen molar-refractivity contribution in [3.63, 3.8) is 0 Å². The van der Waals surface area contributed by atoms with Gasteiger partial charge in [-0.1, -0.05) is 11.8 Å². The van der Waals surface area contributed by atoms with Crippen molar-refractivity contribution >= 4 is 11.7 Å². The predicted octanol–water partition coefficient (Wildman–Crippen LogP) is 2.09. The number of carbonyl (C=O) groups excluding carboxylic acids is 1. The Balaban J connectivity index is 2.78. The van der Waals surface area contributed by atoms with E-state index in [1.807, 2.05) is 20.8 Å². The molecule has 0 aliphatic heterocycles. The molecule has 0 heterocycles. The number of aliphatic hydroxyl groups is 1. The van der Waals surface area contributed by atoms with Gasteiger partial charge < -0.3 is 15.7 Å². The Morgan fingerprint density at radius 3 is 2.63 bits per heavy atom. The molecule has 102 valence electrons. The summed E-state index contributed by atoms with van der Waals surface area (Å²) in [6.07, 6.45) is 0. The molecule has 19 heavy (non-hydrogen) atoms. The van der Waals surface area contributed by atoms with Crippen LogP contribution in [0, 0.1) is 17.7 Å². The summed E-state index contributed by atoms with van der Waals surface area (Å²) in [5.74, 6) is 4.43. The highest BCUT2D eigenvalue weighted by molar-refractivity contribution is 5.89. The van der Waals surface area contributed by atoms with Gasteiger partial charge in [0.1, 0.15) is 12.4 Å². The Bertz CT molecular complexity index is 524. The highest BCUT2D eigenvalue weighted by atomic mass is 19.1. The molecule has 0 bridgehead atoms. The molecular weight excluding hydrogens is 247 g/mol. The first-order valence-corrected chi connectivity index (χ1v) is 5.80. The fourth-order valence-electron chi connectivity index (χ4n) is 1.33. The standard InChI is InChI=1S/C14H17FN2O2/c1-14(2,3)17-13(19)16-12-7-6-10(5-4-8-18)9-11(12)15/h6-7,9,18H,8H2,1-3H3,(H2,16,17,19). The third-order valence-corrected chi connectivity index (χ3v) is 2.02. The van der Waals surface area contributed by atoms with Crippen LogP contribution in [0.2, 0.25) is 0 Å². The van der Waals surface area contributed by atoms with Gasteiger partial charge in [0.2, 0.25) is 0 Å². The Labute approximate surface area is 112 Å². The van der Waals surface area contributed by atoms with E-state index < -0.39 is 17.4 Å². The predicted molar refractivity (Wildman–Crippen MR) is 72.3 cm³/mol. The molecule has 1 aromatic rings. The average Bonchev–Trinajstić information content (AvgIpc) is 2.27. The topological polar surface area (TPSA) is 61.4 Å². The van der Waals surface area contributed by atoms with E-state index >= 15 is 0 Å². The van der Waals surface area contributed by atoms with Gasteiger partial charge in [-0.05, 0) is 39.0 Å². The third kappa shape index (κ3) is 5.40. The summed E-state index contributed by atoms with van der Waals surface area (Å²) in [4.78, 5) is 11.6. The van der Waals surface area contributed by atoms with Crippen molar-refractivity contribution in [2.45, 2.75) is 26.3 Å². The van der Waals surface area contributed by atoms with Crippen LogP contribution in [0.5, 0.6) is 0 Å². The lowest BCUT2D eigenvalue weighted by Crippen LogP contribution is -2.43. The number of benzene rings is 1. The van der Waals surface area contributed by atoms with E-state index in [2.05, 4.69) is 22.5 Å². The maximum Gasteiger partial charge on any atom is 0.319 e. The van der Waals surface area contributed by atoms with Crippen LogP contribution in [0.15, 0.2) is 18.2 Å². The fraction of sp³-hybridized carbons (Fsp3) is 0.357. The van der Waals surface area contributed by atoms with Crippen molar-refractivity contribution in [3.05, 3.63) is 29.6 Å². The highest BCUT2D eigenvalue weighted by Gasteiger charge is 2.14. The third-order valence-electron chi connectivity index (χ3n) is 2.02. The average molecular weight is 264 g/mol. The van der Waals surface area contributed by atoms with Gasteiger partial charge in [0.15, 0.2) is 0 Å². The van der Waals surface area contributed by atoms with Gasteiger partial charge in [0.25, 0.3) is 0 Å². The summed E-state index contributed by atoms with van der Waals surface area (Å²) >= 11 is 0. The zero-order chi connectivity index (χ0) is 14.5. The van der Waals surface area contributed by atoms with Crippen molar-refractivity contribution in [2.24, 2.45) is 0 Å². The van der Waals surface area contributed by atoms with E-state index in [9.17, 15) is 9.18 Å². The molecule has 0 aliphatic carbocycles. The largest absolute Gasteiger partial charge is 0.384 e. The summed E-state index contributed by atoms with van der Waals surface area (Å²) in [6.45, 7) is 5.21. The minimum absolute atomic E-state index is 0.0799. The van der Waals surface area contributed by atoms with Crippen molar-refractivity contribution in [1.82, 2.24) is 5.32 Å². The van der Waals surface area contributed by atoms with Crippen molar-refractivity contribution < 1.29 is 14.3 Å². The van der Waals surface area contributed by atoms with Gasteiger partial charge in [-0.25, -0.2) is 9.18 Å². The molecule has 0 radical (unpaired) electrons. The van der Waals surface area contributed by atoms with E-state index in [0.29, 0.717) is 5.56 Å². The molecule has 0 aromatic heterocycles. The second kappa shape index (κ2) is 6.21. The van der Waals surface area contributed by atoms with Gasteiger partial charge in [-0.2, -0.15) is 0 Å². The van der Waals surface area contributed by atoms with Crippen molar-refractivity contribution in [1.29, 1.82) is 0 Å². The van der Waals surface area contributed by atoms with E-state index in [1.165, 1.54) is 12.1 Å². The molecule has 3 N–H and O–H groups in total. The number of hydrogen-bond acceptors (Lipinski definition) is 2. The zero-order valence-corrected chi connectivity index (χ0v) is 11.2. The molecule has 0 saturated carbocycles. The number of nitrogens with one attached hydrogen (secondary N) is 2. The SMILES string of the molecule is CC(C)(C)NC(=O)Nc1ccc(C#CCO)cc1F. The fourth-order valence-corrected chi connectivity index (χ4v) is 1.33. The molecule has 0 aliphatic rings. The monoisotopic (exact) mass is 264 g/mol. The number of halogens is 1. The first kappa shape index (κ1) is 15.0. The van der Waals surface area contributed by atoms with Gasteiger partial charge >= 0.3 is 6.03 Å². The van der Waals surface area contributed by atoms with Crippen molar-refractivity contribution in [2.75, 3.05) is 11.9 Å². The highest BCUT2D eigenvalue weighted by Crippen LogP contribution is 2.15. The number of urea groups is 1. The zero-order valence-electron chi connectivity index (χ0n) is 11.2. The lowest BCUT2D eigenvalue weighted by Gasteiger charge is -2.20. The Morgan fingerprint density at radius 1 is 1.42 bits per heavy atom. The minimum Gasteiger partial charge on any atom is -0.384 e. The Kier molecular flexibility index (Phi) is 4.90.